The average Bonchev–Trinajstić information content (AvgIpc) is 2.30. The topological polar surface area (TPSA) is 16.1 Å². The molecule has 0 bridgehead atoms. The Bertz CT molecular complexity index is 477. The Hall–Kier alpha value is -1.54. The summed E-state index contributed by atoms with van der Waals surface area (Å²) in [7, 11) is 0. The number of anilines is 2. The highest BCUT2D eigenvalue weighted by molar-refractivity contribution is 6.29. The molecular weight excluding hydrogens is 232 g/mol. The number of halogens is 1. The third kappa shape index (κ3) is 2.77. The first-order valence-electron chi connectivity index (χ1n) is 5.67. The van der Waals surface area contributed by atoms with Crippen LogP contribution in [0.2, 0.25) is 5.15 Å². The molecule has 1 aromatic carbocycles. The molecule has 0 aliphatic carbocycles. The second-order valence-corrected chi connectivity index (χ2v) is 4.29. The molecule has 1 heterocycles. The first-order valence-corrected chi connectivity index (χ1v) is 6.05. The van der Waals surface area contributed by atoms with E-state index in [0.29, 0.717) is 5.15 Å². The van der Waals surface area contributed by atoms with Gasteiger partial charge >= 0.3 is 0 Å². The van der Waals surface area contributed by atoms with E-state index >= 15 is 0 Å². The van der Waals surface area contributed by atoms with E-state index < -0.39 is 0 Å². The van der Waals surface area contributed by atoms with Crippen LogP contribution >= 0.6 is 11.6 Å². The predicted molar refractivity (Wildman–Crippen MR) is 73.1 cm³/mol. The summed E-state index contributed by atoms with van der Waals surface area (Å²) in [4.78, 5) is 6.51. The molecule has 0 aliphatic heterocycles. The molecule has 0 radical (unpaired) electrons. The molecule has 88 valence electrons. The Kier molecular flexibility index (Phi) is 3.64. The van der Waals surface area contributed by atoms with Crippen molar-refractivity contribution in [3.05, 3.63) is 53.2 Å². The van der Waals surface area contributed by atoms with E-state index in [2.05, 4.69) is 28.9 Å². The first-order chi connectivity index (χ1) is 8.20. The molecule has 0 saturated carbocycles. The van der Waals surface area contributed by atoms with E-state index in [0.717, 1.165) is 23.6 Å². The molecule has 2 rings (SSSR count). The van der Waals surface area contributed by atoms with Crippen LogP contribution in [0.3, 0.4) is 0 Å². The third-order valence-electron chi connectivity index (χ3n) is 2.59. The third-order valence-corrected chi connectivity index (χ3v) is 2.78. The highest BCUT2D eigenvalue weighted by Crippen LogP contribution is 2.25. The van der Waals surface area contributed by atoms with Gasteiger partial charge in [-0.3, -0.25) is 0 Å². The standard InChI is InChI=1S/C14H15ClN2/c1-3-17(12-7-5-4-6-8-12)14-10-11(2)9-13(15)16-14/h4-10H,3H2,1-2H3. The monoisotopic (exact) mass is 246 g/mol. The lowest BCUT2D eigenvalue weighted by Crippen LogP contribution is -2.17. The summed E-state index contributed by atoms with van der Waals surface area (Å²) in [6, 6.07) is 14.1. The molecule has 0 saturated heterocycles. The van der Waals surface area contributed by atoms with Crippen molar-refractivity contribution in [3.63, 3.8) is 0 Å². The van der Waals surface area contributed by atoms with Gasteiger partial charge < -0.3 is 4.90 Å². The van der Waals surface area contributed by atoms with Crippen LogP contribution in [-0.2, 0) is 0 Å². The number of hydrogen-bond acceptors (Lipinski definition) is 2. The number of pyridine rings is 1. The molecule has 2 nitrogen and oxygen atoms in total. The average molecular weight is 247 g/mol. The van der Waals surface area contributed by atoms with E-state index in [-0.39, 0.29) is 0 Å². The smallest absolute Gasteiger partial charge is 0.134 e. The van der Waals surface area contributed by atoms with Gasteiger partial charge in [0.05, 0.1) is 0 Å². The summed E-state index contributed by atoms with van der Waals surface area (Å²) >= 11 is 6.00. The molecule has 0 amide bonds. The fraction of sp³-hybridized carbons (Fsp3) is 0.214. The number of aryl methyl sites for hydroxylation is 1. The number of aromatic nitrogens is 1. The van der Waals surface area contributed by atoms with Crippen molar-refractivity contribution in [1.82, 2.24) is 4.98 Å². The summed E-state index contributed by atoms with van der Waals surface area (Å²) in [6.07, 6.45) is 0. The van der Waals surface area contributed by atoms with Gasteiger partial charge in [0.2, 0.25) is 0 Å². The van der Waals surface area contributed by atoms with E-state index in [4.69, 9.17) is 11.6 Å². The van der Waals surface area contributed by atoms with E-state index in [1.54, 1.807) is 0 Å². The summed E-state index contributed by atoms with van der Waals surface area (Å²) in [5, 5.41) is 0.536. The van der Waals surface area contributed by atoms with Gasteiger partial charge in [0.15, 0.2) is 0 Å². The second kappa shape index (κ2) is 5.19. The highest BCUT2D eigenvalue weighted by Gasteiger charge is 2.09. The van der Waals surface area contributed by atoms with E-state index in [1.807, 2.05) is 37.3 Å². The van der Waals surface area contributed by atoms with Crippen LogP contribution in [0.4, 0.5) is 11.5 Å². The molecule has 1 aromatic heterocycles. The van der Waals surface area contributed by atoms with Crippen LogP contribution in [0.5, 0.6) is 0 Å². The number of hydrogen-bond donors (Lipinski definition) is 0. The lowest BCUT2D eigenvalue weighted by Gasteiger charge is -2.22. The van der Waals surface area contributed by atoms with Gasteiger partial charge in [-0.25, -0.2) is 4.98 Å². The van der Waals surface area contributed by atoms with E-state index in [1.165, 1.54) is 0 Å². The van der Waals surface area contributed by atoms with Crippen molar-refractivity contribution in [2.75, 3.05) is 11.4 Å². The molecule has 17 heavy (non-hydrogen) atoms. The van der Waals surface area contributed by atoms with Crippen molar-refractivity contribution >= 4 is 23.1 Å². The highest BCUT2D eigenvalue weighted by atomic mass is 35.5. The van der Waals surface area contributed by atoms with Crippen molar-refractivity contribution in [1.29, 1.82) is 0 Å². The normalized spacial score (nSPS) is 10.3. The van der Waals surface area contributed by atoms with Gasteiger partial charge in [0.1, 0.15) is 11.0 Å². The number of para-hydroxylation sites is 1. The van der Waals surface area contributed by atoms with Gasteiger partial charge in [-0.15, -0.1) is 0 Å². The summed E-state index contributed by atoms with van der Waals surface area (Å²) in [5.74, 6) is 0.892. The van der Waals surface area contributed by atoms with Crippen LogP contribution in [0.1, 0.15) is 12.5 Å². The molecule has 3 heteroatoms. The maximum Gasteiger partial charge on any atom is 0.134 e. The Morgan fingerprint density at radius 3 is 2.47 bits per heavy atom. The molecule has 0 N–H and O–H groups in total. The van der Waals surface area contributed by atoms with Crippen molar-refractivity contribution in [2.24, 2.45) is 0 Å². The van der Waals surface area contributed by atoms with Crippen LogP contribution in [0.25, 0.3) is 0 Å². The van der Waals surface area contributed by atoms with Crippen molar-refractivity contribution in [2.45, 2.75) is 13.8 Å². The van der Waals surface area contributed by atoms with Gasteiger partial charge in [-0.05, 0) is 43.7 Å². The molecule has 2 aromatic rings. The van der Waals surface area contributed by atoms with Crippen molar-refractivity contribution in [3.8, 4) is 0 Å². The minimum atomic E-state index is 0.536. The SMILES string of the molecule is CCN(c1ccccc1)c1cc(C)cc(Cl)n1. The Morgan fingerprint density at radius 1 is 1.18 bits per heavy atom. The summed E-state index contributed by atoms with van der Waals surface area (Å²) in [5.41, 5.74) is 2.25. The zero-order valence-electron chi connectivity index (χ0n) is 10.0. The first kappa shape index (κ1) is 11.9. The number of rotatable bonds is 3. The molecule has 0 fully saturated rings. The Labute approximate surface area is 107 Å². The van der Waals surface area contributed by atoms with Crippen LogP contribution < -0.4 is 4.90 Å². The van der Waals surface area contributed by atoms with Crippen LogP contribution in [-0.4, -0.2) is 11.5 Å². The van der Waals surface area contributed by atoms with Gasteiger partial charge in [0, 0.05) is 12.2 Å². The molecule has 0 spiro atoms. The minimum Gasteiger partial charge on any atom is -0.327 e. The molecular formula is C14H15ClN2. The zero-order chi connectivity index (χ0) is 12.3. The van der Waals surface area contributed by atoms with Gasteiger partial charge in [0.25, 0.3) is 0 Å². The lowest BCUT2D eigenvalue weighted by atomic mass is 10.2. The van der Waals surface area contributed by atoms with E-state index in [9.17, 15) is 0 Å². The second-order valence-electron chi connectivity index (χ2n) is 3.91. The van der Waals surface area contributed by atoms with Crippen LogP contribution in [0, 0.1) is 6.92 Å². The lowest BCUT2D eigenvalue weighted by molar-refractivity contribution is 0.987. The minimum absolute atomic E-state index is 0.536. The zero-order valence-corrected chi connectivity index (χ0v) is 10.8. The van der Waals surface area contributed by atoms with Crippen LogP contribution in [0.15, 0.2) is 42.5 Å². The quantitative estimate of drug-likeness (QED) is 0.755. The maximum absolute atomic E-state index is 6.00. The summed E-state index contributed by atoms with van der Waals surface area (Å²) in [6.45, 7) is 4.98. The summed E-state index contributed by atoms with van der Waals surface area (Å²) < 4.78 is 0. The molecule has 0 atom stereocenters. The molecule has 0 unspecified atom stereocenters. The van der Waals surface area contributed by atoms with Gasteiger partial charge in [-0.2, -0.15) is 0 Å². The van der Waals surface area contributed by atoms with Crippen molar-refractivity contribution < 1.29 is 0 Å². The number of nitrogens with zero attached hydrogens (tertiary/aromatic N) is 2. The Balaban J connectivity index is 2.42. The molecule has 0 aliphatic rings. The Morgan fingerprint density at radius 2 is 1.88 bits per heavy atom. The fourth-order valence-corrected chi connectivity index (χ4v) is 2.09. The maximum atomic E-state index is 6.00. The van der Waals surface area contributed by atoms with Gasteiger partial charge in [-0.1, -0.05) is 29.8 Å². The fourth-order valence-electron chi connectivity index (χ4n) is 1.83. The predicted octanol–water partition coefficient (Wildman–Crippen LogP) is 4.20. The largest absolute Gasteiger partial charge is 0.327 e. The number of benzene rings is 1.